The van der Waals surface area contributed by atoms with Crippen LogP contribution in [0.4, 0.5) is 16.7 Å². The number of para-hydroxylation sites is 1. The van der Waals surface area contributed by atoms with Gasteiger partial charge in [-0.2, -0.15) is 0 Å². The van der Waals surface area contributed by atoms with E-state index in [1.54, 1.807) is 17.6 Å². The highest BCUT2D eigenvalue weighted by Crippen LogP contribution is 2.30. The van der Waals surface area contributed by atoms with Crippen LogP contribution in [0.1, 0.15) is 11.3 Å². The van der Waals surface area contributed by atoms with Crippen molar-refractivity contribution in [2.75, 3.05) is 5.32 Å². The summed E-state index contributed by atoms with van der Waals surface area (Å²) >= 11 is 2.78. The molecule has 1 N–H and O–H groups in total. The van der Waals surface area contributed by atoms with Gasteiger partial charge in [-0.05, 0) is 36.1 Å². The number of thioether (sulfide) groups is 1. The lowest BCUT2D eigenvalue weighted by atomic mass is 10.2. The molecule has 7 nitrogen and oxygen atoms in total. The second kappa shape index (κ2) is 7.28. The molecule has 2 heterocycles. The molecule has 3 rings (SSSR count). The van der Waals surface area contributed by atoms with Crippen molar-refractivity contribution in [1.29, 1.82) is 0 Å². The SMILES string of the molecule is Cc1ccccc1Nc1nnc(S/C=C/c2ccc([N+](=O)[O-])o2)s1. The molecule has 3 aromatic rings. The number of hydrogen-bond acceptors (Lipinski definition) is 8. The molecule has 0 saturated heterocycles. The van der Waals surface area contributed by atoms with Crippen LogP contribution in [0, 0.1) is 17.0 Å². The third-order valence-electron chi connectivity index (χ3n) is 2.99. The normalized spacial score (nSPS) is 11.0. The number of nitrogens with zero attached hydrogens (tertiary/aromatic N) is 3. The van der Waals surface area contributed by atoms with Gasteiger partial charge in [0, 0.05) is 5.69 Å². The van der Waals surface area contributed by atoms with E-state index in [4.69, 9.17) is 4.42 Å². The van der Waals surface area contributed by atoms with Gasteiger partial charge in [-0.3, -0.25) is 10.1 Å². The Bertz CT molecular complexity index is 888. The molecule has 0 unspecified atom stereocenters. The fourth-order valence-corrected chi connectivity index (χ4v) is 3.32. The van der Waals surface area contributed by atoms with Crippen LogP contribution in [-0.4, -0.2) is 15.1 Å². The van der Waals surface area contributed by atoms with Gasteiger partial charge in [-0.15, -0.1) is 10.2 Å². The van der Waals surface area contributed by atoms with E-state index < -0.39 is 4.92 Å². The molecule has 9 heteroatoms. The van der Waals surface area contributed by atoms with Crippen molar-refractivity contribution >= 4 is 45.9 Å². The predicted octanol–water partition coefficient (Wildman–Crippen LogP) is 4.85. The van der Waals surface area contributed by atoms with Gasteiger partial charge in [0.05, 0.1) is 6.07 Å². The Kier molecular flexibility index (Phi) is 4.92. The van der Waals surface area contributed by atoms with Gasteiger partial charge in [0.1, 0.15) is 10.7 Å². The largest absolute Gasteiger partial charge is 0.433 e. The van der Waals surface area contributed by atoms with Crippen molar-refractivity contribution in [3.63, 3.8) is 0 Å². The van der Waals surface area contributed by atoms with E-state index in [9.17, 15) is 10.1 Å². The molecule has 0 aliphatic carbocycles. The van der Waals surface area contributed by atoms with Crippen molar-refractivity contribution in [2.24, 2.45) is 0 Å². The van der Waals surface area contributed by atoms with Crippen molar-refractivity contribution in [3.05, 3.63) is 63.2 Å². The summed E-state index contributed by atoms with van der Waals surface area (Å²) in [6, 6.07) is 10.8. The standard InChI is InChI=1S/C15H12N4O3S2/c1-10-4-2-3-5-12(10)16-14-17-18-15(24-14)23-9-8-11-6-7-13(22-11)19(20)21/h2-9H,1H3,(H,16,17)/b9-8+. The summed E-state index contributed by atoms with van der Waals surface area (Å²) in [4.78, 5) is 9.97. The summed E-state index contributed by atoms with van der Waals surface area (Å²) in [6.45, 7) is 2.02. The Morgan fingerprint density at radius 1 is 1.29 bits per heavy atom. The third-order valence-corrected chi connectivity index (χ3v) is 4.71. The van der Waals surface area contributed by atoms with E-state index >= 15 is 0 Å². The minimum atomic E-state index is -0.571. The number of anilines is 2. The van der Waals surface area contributed by atoms with Crippen LogP contribution in [0.15, 0.2) is 50.6 Å². The molecule has 0 spiro atoms. The Labute approximate surface area is 145 Å². The van der Waals surface area contributed by atoms with E-state index in [1.807, 2.05) is 31.2 Å². The van der Waals surface area contributed by atoms with Gasteiger partial charge in [-0.1, -0.05) is 41.3 Å². The Balaban J connectivity index is 1.60. The maximum atomic E-state index is 10.5. The molecule has 0 bridgehead atoms. The maximum absolute atomic E-state index is 10.5. The van der Waals surface area contributed by atoms with Crippen LogP contribution in [0.2, 0.25) is 0 Å². The second-order valence-corrected chi connectivity index (χ2v) is 6.80. The third kappa shape index (κ3) is 4.00. The number of furan rings is 1. The first-order chi connectivity index (χ1) is 11.6. The van der Waals surface area contributed by atoms with Gasteiger partial charge in [0.25, 0.3) is 0 Å². The molecule has 122 valence electrons. The molecule has 0 fully saturated rings. The van der Waals surface area contributed by atoms with Gasteiger partial charge in [0.15, 0.2) is 4.34 Å². The van der Waals surface area contributed by atoms with Crippen LogP contribution in [0.25, 0.3) is 6.08 Å². The van der Waals surface area contributed by atoms with Gasteiger partial charge >= 0.3 is 5.88 Å². The average Bonchev–Trinajstić information content (AvgIpc) is 3.19. The zero-order chi connectivity index (χ0) is 16.9. The minimum absolute atomic E-state index is 0.278. The van der Waals surface area contributed by atoms with E-state index in [0.717, 1.165) is 15.6 Å². The van der Waals surface area contributed by atoms with Crippen molar-refractivity contribution < 1.29 is 9.34 Å². The van der Waals surface area contributed by atoms with Crippen LogP contribution in [-0.2, 0) is 0 Å². The van der Waals surface area contributed by atoms with E-state index in [2.05, 4.69) is 15.5 Å². The summed E-state index contributed by atoms with van der Waals surface area (Å²) in [7, 11) is 0. The highest BCUT2D eigenvalue weighted by Gasteiger charge is 2.10. The lowest BCUT2D eigenvalue weighted by Gasteiger charge is -2.04. The number of nitro groups is 1. The Morgan fingerprint density at radius 3 is 2.88 bits per heavy atom. The van der Waals surface area contributed by atoms with Gasteiger partial charge in [-0.25, -0.2) is 0 Å². The summed E-state index contributed by atoms with van der Waals surface area (Å²) in [5.41, 5.74) is 2.12. The topological polar surface area (TPSA) is 94.1 Å². The quantitative estimate of drug-likeness (QED) is 0.381. The lowest BCUT2D eigenvalue weighted by Crippen LogP contribution is -1.91. The lowest BCUT2D eigenvalue weighted by molar-refractivity contribution is -0.402. The number of hydrogen-bond donors (Lipinski definition) is 1. The summed E-state index contributed by atoms with van der Waals surface area (Å²) < 4.78 is 5.79. The molecule has 1 aromatic carbocycles. The number of aryl methyl sites for hydroxylation is 1. The van der Waals surface area contributed by atoms with Crippen LogP contribution in [0.3, 0.4) is 0 Å². The van der Waals surface area contributed by atoms with Crippen molar-refractivity contribution in [2.45, 2.75) is 11.3 Å². The number of nitrogens with one attached hydrogen (secondary N) is 1. The molecule has 0 aliphatic heterocycles. The van der Waals surface area contributed by atoms with Crippen LogP contribution >= 0.6 is 23.1 Å². The van der Waals surface area contributed by atoms with Crippen LogP contribution < -0.4 is 5.32 Å². The van der Waals surface area contributed by atoms with Crippen molar-refractivity contribution in [1.82, 2.24) is 10.2 Å². The molecular weight excluding hydrogens is 348 g/mol. The molecule has 0 saturated carbocycles. The van der Waals surface area contributed by atoms with Gasteiger partial charge < -0.3 is 9.73 Å². The molecule has 2 aromatic heterocycles. The van der Waals surface area contributed by atoms with Gasteiger partial charge in [0.2, 0.25) is 5.13 Å². The second-order valence-electron chi connectivity index (χ2n) is 4.67. The highest BCUT2D eigenvalue weighted by atomic mass is 32.2. The predicted molar refractivity (Wildman–Crippen MR) is 94.6 cm³/mol. The number of aromatic nitrogens is 2. The molecule has 0 aliphatic rings. The smallest absolute Gasteiger partial charge is 0.401 e. The molecule has 0 atom stereocenters. The molecular formula is C15H12N4O3S2. The molecule has 0 amide bonds. The van der Waals surface area contributed by atoms with E-state index in [-0.39, 0.29) is 5.88 Å². The zero-order valence-electron chi connectivity index (χ0n) is 12.5. The minimum Gasteiger partial charge on any atom is -0.401 e. The fourth-order valence-electron chi connectivity index (χ4n) is 1.83. The molecule has 0 radical (unpaired) electrons. The summed E-state index contributed by atoms with van der Waals surface area (Å²) in [6.07, 6.45) is 1.65. The number of rotatable bonds is 6. The number of benzene rings is 1. The average molecular weight is 360 g/mol. The Hall–Kier alpha value is -2.65. The van der Waals surface area contributed by atoms with Crippen molar-refractivity contribution in [3.8, 4) is 0 Å². The zero-order valence-corrected chi connectivity index (χ0v) is 14.1. The molecule has 24 heavy (non-hydrogen) atoms. The fraction of sp³-hybridized carbons (Fsp3) is 0.0667. The van der Waals surface area contributed by atoms with E-state index in [0.29, 0.717) is 10.9 Å². The monoisotopic (exact) mass is 360 g/mol. The Morgan fingerprint density at radius 2 is 2.12 bits per heavy atom. The van der Waals surface area contributed by atoms with E-state index in [1.165, 1.54) is 29.2 Å². The summed E-state index contributed by atoms with van der Waals surface area (Å²) in [5, 5.41) is 24.4. The highest BCUT2D eigenvalue weighted by molar-refractivity contribution is 8.03. The first kappa shape index (κ1) is 16.2. The maximum Gasteiger partial charge on any atom is 0.433 e. The first-order valence-corrected chi connectivity index (χ1v) is 8.55. The summed E-state index contributed by atoms with van der Waals surface area (Å²) in [5.74, 6) is 0.136. The van der Waals surface area contributed by atoms with Crippen LogP contribution in [0.5, 0.6) is 0 Å². The first-order valence-electron chi connectivity index (χ1n) is 6.85.